The Morgan fingerprint density at radius 1 is 1.25 bits per heavy atom. The number of benzene rings is 1. The van der Waals surface area contributed by atoms with Gasteiger partial charge in [-0.1, -0.05) is 29.8 Å². The SMILES string of the molecule is C[C@H](O)[C@H](O)c1ccccc1Cl. The Kier molecular flexibility index (Phi) is 3.09. The van der Waals surface area contributed by atoms with Gasteiger partial charge in [0.25, 0.3) is 0 Å². The van der Waals surface area contributed by atoms with Crippen molar-refractivity contribution in [1.82, 2.24) is 0 Å². The lowest BCUT2D eigenvalue weighted by molar-refractivity contribution is 0.0306. The minimum atomic E-state index is -0.904. The van der Waals surface area contributed by atoms with Crippen LogP contribution in [0.15, 0.2) is 24.3 Å². The van der Waals surface area contributed by atoms with Crippen molar-refractivity contribution in [2.24, 2.45) is 0 Å². The highest BCUT2D eigenvalue weighted by molar-refractivity contribution is 6.31. The molecule has 0 radical (unpaired) electrons. The van der Waals surface area contributed by atoms with Crippen molar-refractivity contribution < 1.29 is 10.2 Å². The lowest BCUT2D eigenvalue weighted by Crippen LogP contribution is -2.13. The van der Waals surface area contributed by atoms with Gasteiger partial charge in [0.05, 0.1) is 6.10 Å². The summed E-state index contributed by atoms with van der Waals surface area (Å²) in [7, 11) is 0. The van der Waals surface area contributed by atoms with Crippen LogP contribution in [0, 0.1) is 0 Å². The van der Waals surface area contributed by atoms with Crippen molar-refractivity contribution in [2.75, 3.05) is 0 Å². The van der Waals surface area contributed by atoms with Crippen LogP contribution in [0.5, 0.6) is 0 Å². The standard InChI is InChI=1S/C9H11ClO2/c1-6(11)9(12)7-4-2-3-5-8(7)10/h2-6,9,11-12H,1H3/t6-,9-/m0/s1. The highest BCUT2D eigenvalue weighted by Crippen LogP contribution is 2.24. The molecule has 66 valence electrons. The zero-order chi connectivity index (χ0) is 9.14. The first kappa shape index (κ1) is 9.52. The first-order valence-corrected chi connectivity index (χ1v) is 4.11. The van der Waals surface area contributed by atoms with Crippen molar-refractivity contribution in [3.8, 4) is 0 Å². The van der Waals surface area contributed by atoms with Crippen molar-refractivity contribution in [2.45, 2.75) is 19.1 Å². The lowest BCUT2D eigenvalue weighted by Gasteiger charge is -2.14. The van der Waals surface area contributed by atoms with E-state index in [4.69, 9.17) is 16.7 Å². The van der Waals surface area contributed by atoms with Crippen LogP contribution in [0.4, 0.5) is 0 Å². The first-order valence-electron chi connectivity index (χ1n) is 3.73. The van der Waals surface area contributed by atoms with E-state index >= 15 is 0 Å². The van der Waals surface area contributed by atoms with E-state index in [0.29, 0.717) is 10.6 Å². The number of halogens is 1. The van der Waals surface area contributed by atoms with Gasteiger partial charge in [0, 0.05) is 10.6 Å². The Morgan fingerprint density at radius 2 is 1.83 bits per heavy atom. The monoisotopic (exact) mass is 186 g/mol. The summed E-state index contributed by atoms with van der Waals surface area (Å²) in [5.74, 6) is 0. The van der Waals surface area contributed by atoms with Crippen molar-refractivity contribution in [3.05, 3.63) is 34.9 Å². The number of aliphatic hydroxyl groups excluding tert-OH is 2. The molecule has 2 N–H and O–H groups in total. The van der Waals surface area contributed by atoms with Gasteiger partial charge in [0.2, 0.25) is 0 Å². The fraction of sp³-hybridized carbons (Fsp3) is 0.333. The van der Waals surface area contributed by atoms with E-state index < -0.39 is 12.2 Å². The van der Waals surface area contributed by atoms with Crippen molar-refractivity contribution in [3.63, 3.8) is 0 Å². The summed E-state index contributed by atoms with van der Waals surface area (Å²) in [5, 5.41) is 19.0. The molecule has 0 bridgehead atoms. The highest BCUT2D eigenvalue weighted by Gasteiger charge is 2.15. The summed E-state index contributed by atoms with van der Waals surface area (Å²) in [6.45, 7) is 1.52. The number of hydrogen-bond acceptors (Lipinski definition) is 2. The summed E-state index contributed by atoms with van der Waals surface area (Å²) in [5.41, 5.74) is 0.564. The topological polar surface area (TPSA) is 40.5 Å². The summed E-state index contributed by atoms with van der Waals surface area (Å²) >= 11 is 5.79. The molecule has 2 atom stereocenters. The van der Waals surface area contributed by atoms with E-state index in [2.05, 4.69) is 0 Å². The van der Waals surface area contributed by atoms with Gasteiger partial charge in [-0.15, -0.1) is 0 Å². The number of rotatable bonds is 2. The van der Waals surface area contributed by atoms with Crippen LogP contribution in [-0.4, -0.2) is 16.3 Å². The molecule has 0 aromatic heterocycles. The molecule has 1 aromatic rings. The molecule has 2 nitrogen and oxygen atoms in total. The Labute approximate surface area is 76.4 Å². The molecule has 0 aliphatic heterocycles. The molecule has 0 heterocycles. The Balaban J connectivity index is 2.94. The lowest BCUT2D eigenvalue weighted by atomic mass is 10.1. The van der Waals surface area contributed by atoms with Crippen LogP contribution >= 0.6 is 11.6 Å². The third kappa shape index (κ3) is 1.97. The third-order valence-electron chi connectivity index (χ3n) is 1.68. The molecular formula is C9H11ClO2. The van der Waals surface area contributed by atoms with E-state index in [0.717, 1.165) is 0 Å². The third-order valence-corrected chi connectivity index (χ3v) is 2.03. The second-order valence-corrected chi connectivity index (χ2v) is 3.11. The summed E-state index contributed by atoms with van der Waals surface area (Å²) in [4.78, 5) is 0. The minimum Gasteiger partial charge on any atom is -0.390 e. The van der Waals surface area contributed by atoms with E-state index in [9.17, 15) is 5.11 Å². The van der Waals surface area contributed by atoms with Crippen LogP contribution < -0.4 is 0 Å². The summed E-state index contributed by atoms with van der Waals surface area (Å²) < 4.78 is 0. The molecule has 0 saturated carbocycles. The summed E-state index contributed by atoms with van der Waals surface area (Å²) in [6, 6.07) is 6.93. The molecule has 0 fully saturated rings. The van der Waals surface area contributed by atoms with Crippen LogP contribution in [-0.2, 0) is 0 Å². The van der Waals surface area contributed by atoms with Crippen LogP contribution in [0.1, 0.15) is 18.6 Å². The van der Waals surface area contributed by atoms with Crippen molar-refractivity contribution in [1.29, 1.82) is 0 Å². The van der Waals surface area contributed by atoms with Crippen LogP contribution in [0.2, 0.25) is 5.02 Å². The average Bonchev–Trinajstić information content (AvgIpc) is 2.04. The van der Waals surface area contributed by atoms with Crippen molar-refractivity contribution >= 4 is 11.6 Å². The molecule has 0 unspecified atom stereocenters. The van der Waals surface area contributed by atoms with Gasteiger partial charge >= 0.3 is 0 Å². The van der Waals surface area contributed by atoms with Crippen LogP contribution in [0.3, 0.4) is 0 Å². The predicted molar refractivity (Wildman–Crippen MR) is 48.1 cm³/mol. The maximum absolute atomic E-state index is 9.44. The number of hydrogen-bond donors (Lipinski definition) is 2. The van der Waals surface area contributed by atoms with E-state index in [1.807, 2.05) is 0 Å². The molecule has 1 aromatic carbocycles. The van der Waals surface area contributed by atoms with Gasteiger partial charge in [0.1, 0.15) is 6.10 Å². The quantitative estimate of drug-likeness (QED) is 0.739. The molecule has 1 rings (SSSR count). The first-order chi connectivity index (χ1) is 5.63. The molecule has 0 saturated heterocycles. The second-order valence-electron chi connectivity index (χ2n) is 2.71. The molecule has 0 aliphatic rings. The molecule has 0 amide bonds. The molecule has 3 heteroatoms. The molecule has 0 spiro atoms. The largest absolute Gasteiger partial charge is 0.390 e. The van der Waals surface area contributed by atoms with Gasteiger partial charge in [-0.2, -0.15) is 0 Å². The minimum absolute atomic E-state index is 0.478. The Hall–Kier alpha value is -0.570. The average molecular weight is 187 g/mol. The van der Waals surface area contributed by atoms with Crippen LogP contribution in [0.25, 0.3) is 0 Å². The van der Waals surface area contributed by atoms with Gasteiger partial charge in [-0.05, 0) is 13.0 Å². The highest BCUT2D eigenvalue weighted by atomic mass is 35.5. The number of aliphatic hydroxyl groups is 2. The predicted octanol–water partition coefficient (Wildman–Crippen LogP) is 1.75. The second kappa shape index (κ2) is 3.90. The zero-order valence-electron chi connectivity index (χ0n) is 6.74. The fourth-order valence-electron chi connectivity index (χ4n) is 0.975. The fourth-order valence-corrected chi connectivity index (χ4v) is 1.22. The van der Waals surface area contributed by atoms with E-state index in [-0.39, 0.29) is 0 Å². The Bertz CT molecular complexity index is 260. The Morgan fingerprint density at radius 3 is 2.33 bits per heavy atom. The van der Waals surface area contributed by atoms with E-state index in [1.165, 1.54) is 6.92 Å². The maximum Gasteiger partial charge on any atom is 0.106 e. The zero-order valence-corrected chi connectivity index (χ0v) is 7.49. The van der Waals surface area contributed by atoms with Gasteiger partial charge < -0.3 is 10.2 Å². The van der Waals surface area contributed by atoms with E-state index in [1.54, 1.807) is 24.3 Å². The molecule has 0 aliphatic carbocycles. The molecule has 12 heavy (non-hydrogen) atoms. The van der Waals surface area contributed by atoms with Gasteiger partial charge in [0.15, 0.2) is 0 Å². The van der Waals surface area contributed by atoms with Gasteiger partial charge in [-0.25, -0.2) is 0 Å². The maximum atomic E-state index is 9.44. The van der Waals surface area contributed by atoms with Gasteiger partial charge in [-0.3, -0.25) is 0 Å². The summed E-state index contributed by atoms with van der Waals surface area (Å²) in [6.07, 6.45) is -1.71. The normalized spacial score (nSPS) is 15.7. The molecular weight excluding hydrogens is 176 g/mol. The smallest absolute Gasteiger partial charge is 0.106 e.